The Balaban J connectivity index is 1.20. The Labute approximate surface area is 168 Å². The van der Waals surface area contributed by atoms with Crippen LogP contribution >= 0.6 is 11.8 Å². The number of fused-ring (bicyclic) bond motifs is 2. The van der Waals surface area contributed by atoms with Gasteiger partial charge in [-0.05, 0) is 43.0 Å². The highest BCUT2D eigenvalue weighted by atomic mass is 32.2. The maximum Gasteiger partial charge on any atom is 0.230 e. The van der Waals surface area contributed by atoms with E-state index in [1.165, 1.54) is 10.9 Å². The molecule has 0 aliphatic carbocycles. The smallest absolute Gasteiger partial charge is 0.230 e. The molecular weight excluding hydrogens is 368 g/mol. The Morgan fingerprint density at radius 3 is 2.89 bits per heavy atom. The number of carbonyl (C=O) groups excluding carboxylic acids is 1. The van der Waals surface area contributed by atoms with E-state index in [0.29, 0.717) is 12.3 Å². The van der Waals surface area contributed by atoms with Gasteiger partial charge in [-0.1, -0.05) is 30.3 Å². The van der Waals surface area contributed by atoms with Gasteiger partial charge in [0, 0.05) is 24.8 Å². The van der Waals surface area contributed by atoms with Crippen molar-refractivity contribution in [2.75, 3.05) is 12.3 Å². The Bertz CT molecular complexity index is 1050. The number of nitrogens with zero attached hydrogens (tertiary/aromatic N) is 2. The molecule has 0 fully saturated rings. The fraction of sp³-hybridized carbons (Fsp3) is 0.273. The van der Waals surface area contributed by atoms with Crippen molar-refractivity contribution in [3.63, 3.8) is 0 Å². The Morgan fingerprint density at radius 2 is 2.00 bits per heavy atom. The van der Waals surface area contributed by atoms with Crippen molar-refractivity contribution < 1.29 is 4.79 Å². The third-order valence-electron chi connectivity index (χ3n) is 4.84. The van der Waals surface area contributed by atoms with Gasteiger partial charge in [0.15, 0.2) is 0 Å². The van der Waals surface area contributed by atoms with Gasteiger partial charge in [0.2, 0.25) is 5.91 Å². The molecule has 5 nitrogen and oxygen atoms in total. The summed E-state index contributed by atoms with van der Waals surface area (Å²) >= 11 is 1.60. The van der Waals surface area contributed by atoms with Crippen LogP contribution < -0.4 is 5.32 Å². The van der Waals surface area contributed by atoms with Crippen LogP contribution in [0.15, 0.2) is 60.8 Å². The van der Waals surface area contributed by atoms with Crippen molar-refractivity contribution in [1.82, 2.24) is 19.9 Å². The predicted molar refractivity (Wildman–Crippen MR) is 117 cm³/mol. The zero-order valence-corrected chi connectivity index (χ0v) is 16.7. The quantitative estimate of drug-likeness (QED) is 0.434. The van der Waals surface area contributed by atoms with Crippen LogP contribution in [0.5, 0.6) is 0 Å². The lowest BCUT2D eigenvalue weighted by Crippen LogP contribution is -2.27. The van der Waals surface area contributed by atoms with Crippen molar-refractivity contribution in [1.29, 1.82) is 0 Å². The zero-order chi connectivity index (χ0) is 19.3. The number of amides is 1. The molecule has 2 aromatic heterocycles. The number of aryl methyl sites for hydroxylation is 1. The van der Waals surface area contributed by atoms with E-state index in [4.69, 9.17) is 0 Å². The molecule has 1 amide bonds. The first kappa shape index (κ1) is 18.6. The molecule has 0 aliphatic rings. The van der Waals surface area contributed by atoms with E-state index < -0.39 is 0 Å². The lowest BCUT2D eigenvalue weighted by atomic mass is 10.2. The second-order valence-corrected chi connectivity index (χ2v) is 8.19. The minimum absolute atomic E-state index is 0.0744. The highest BCUT2D eigenvalue weighted by Gasteiger charge is 2.13. The molecule has 28 heavy (non-hydrogen) atoms. The summed E-state index contributed by atoms with van der Waals surface area (Å²) in [5, 5.41) is 4.42. The summed E-state index contributed by atoms with van der Waals surface area (Å²) in [5.41, 5.74) is 3.24. The van der Waals surface area contributed by atoms with Gasteiger partial charge in [0.1, 0.15) is 5.82 Å². The van der Waals surface area contributed by atoms with Crippen LogP contribution in [0.1, 0.15) is 24.4 Å². The molecule has 4 aromatic rings. The summed E-state index contributed by atoms with van der Waals surface area (Å²) < 4.78 is 2.24. The van der Waals surface area contributed by atoms with Gasteiger partial charge in [-0.2, -0.15) is 0 Å². The summed E-state index contributed by atoms with van der Waals surface area (Å²) in [6, 6.07) is 18.5. The van der Waals surface area contributed by atoms with Crippen LogP contribution in [0.3, 0.4) is 0 Å². The molecule has 0 radical (unpaired) electrons. The van der Waals surface area contributed by atoms with Crippen molar-refractivity contribution in [3.8, 4) is 0 Å². The van der Waals surface area contributed by atoms with E-state index in [0.717, 1.165) is 29.8 Å². The third-order valence-corrected chi connectivity index (χ3v) is 5.99. The standard InChI is InChI=1S/C22H24N4OS/c1-16(22-24-18-8-3-4-9-19(18)25-22)28-15-21(27)23-12-6-13-26-14-11-17-7-2-5-10-20(17)26/h2-5,7-11,14,16H,6,12-13,15H2,1H3,(H,23,27)(H,24,25). The van der Waals surface area contributed by atoms with E-state index in [1.807, 2.05) is 24.3 Å². The summed E-state index contributed by atoms with van der Waals surface area (Å²) in [5.74, 6) is 1.42. The van der Waals surface area contributed by atoms with E-state index in [1.54, 1.807) is 11.8 Å². The Hall–Kier alpha value is -2.73. The number of hydrogen-bond acceptors (Lipinski definition) is 3. The largest absolute Gasteiger partial charge is 0.355 e. The molecule has 0 saturated carbocycles. The van der Waals surface area contributed by atoms with Crippen LogP contribution in [0.2, 0.25) is 0 Å². The molecular formula is C22H24N4OS. The van der Waals surface area contributed by atoms with Crippen LogP contribution in [-0.4, -0.2) is 32.7 Å². The van der Waals surface area contributed by atoms with Crippen molar-refractivity contribution in [2.24, 2.45) is 0 Å². The van der Waals surface area contributed by atoms with Gasteiger partial charge in [-0.3, -0.25) is 4.79 Å². The minimum Gasteiger partial charge on any atom is -0.355 e. The lowest BCUT2D eigenvalue weighted by Gasteiger charge is -2.10. The first-order valence-electron chi connectivity index (χ1n) is 9.57. The SMILES string of the molecule is CC(SCC(=O)NCCCn1ccc2ccccc21)c1nc2ccccc2[nH]1. The second kappa shape index (κ2) is 8.52. The van der Waals surface area contributed by atoms with E-state index in [9.17, 15) is 4.79 Å². The average molecular weight is 393 g/mol. The topological polar surface area (TPSA) is 62.7 Å². The van der Waals surface area contributed by atoms with Gasteiger partial charge in [0.05, 0.1) is 22.0 Å². The number of carbonyl (C=O) groups is 1. The minimum atomic E-state index is 0.0744. The summed E-state index contributed by atoms with van der Waals surface area (Å²) in [4.78, 5) is 20.1. The van der Waals surface area contributed by atoms with E-state index in [-0.39, 0.29) is 11.2 Å². The number of hydrogen-bond donors (Lipinski definition) is 2. The van der Waals surface area contributed by atoms with Crippen LogP contribution in [0.25, 0.3) is 21.9 Å². The number of imidazole rings is 1. The molecule has 4 rings (SSSR count). The van der Waals surface area contributed by atoms with Gasteiger partial charge >= 0.3 is 0 Å². The van der Waals surface area contributed by atoms with Gasteiger partial charge in [-0.25, -0.2) is 4.98 Å². The molecule has 0 spiro atoms. The van der Waals surface area contributed by atoms with Crippen LogP contribution in [0, 0.1) is 0 Å². The highest BCUT2D eigenvalue weighted by Crippen LogP contribution is 2.27. The number of para-hydroxylation sites is 3. The van der Waals surface area contributed by atoms with Crippen LogP contribution in [0.4, 0.5) is 0 Å². The fourth-order valence-corrected chi connectivity index (χ4v) is 4.08. The fourth-order valence-electron chi connectivity index (χ4n) is 3.31. The van der Waals surface area contributed by atoms with Crippen molar-refractivity contribution in [3.05, 3.63) is 66.6 Å². The molecule has 0 bridgehead atoms. The number of H-pyrrole nitrogens is 1. The third kappa shape index (κ3) is 4.22. The monoisotopic (exact) mass is 392 g/mol. The van der Waals surface area contributed by atoms with E-state index in [2.05, 4.69) is 63.3 Å². The zero-order valence-electron chi connectivity index (χ0n) is 15.9. The molecule has 1 unspecified atom stereocenters. The predicted octanol–water partition coefficient (Wildman–Crippen LogP) is 4.52. The van der Waals surface area contributed by atoms with Crippen molar-refractivity contribution in [2.45, 2.75) is 25.1 Å². The number of aromatic nitrogens is 3. The maximum absolute atomic E-state index is 12.2. The summed E-state index contributed by atoms with van der Waals surface area (Å²) in [6.07, 6.45) is 3.02. The normalized spacial score (nSPS) is 12.5. The molecule has 2 aromatic carbocycles. The Kier molecular flexibility index (Phi) is 5.67. The Morgan fingerprint density at radius 1 is 1.18 bits per heavy atom. The summed E-state index contributed by atoms with van der Waals surface area (Å²) in [7, 11) is 0. The second-order valence-electron chi connectivity index (χ2n) is 6.86. The molecule has 144 valence electrons. The number of aromatic amines is 1. The maximum atomic E-state index is 12.2. The molecule has 0 aliphatic heterocycles. The first-order chi connectivity index (χ1) is 13.7. The molecule has 6 heteroatoms. The number of nitrogens with one attached hydrogen (secondary N) is 2. The van der Waals surface area contributed by atoms with Crippen molar-refractivity contribution >= 4 is 39.6 Å². The number of thioether (sulfide) groups is 1. The van der Waals surface area contributed by atoms with Gasteiger partial charge < -0.3 is 14.9 Å². The lowest BCUT2D eigenvalue weighted by molar-refractivity contribution is -0.118. The van der Waals surface area contributed by atoms with Crippen LogP contribution in [-0.2, 0) is 11.3 Å². The average Bonchev–Trinajstić information content (AvgIpc) is 3.33. The number of benzene rings is 2. The molecule has 2 N–H and O–H groups in total. The molecule has 1 atom stereocenters. The summed E-state index contributed by atoms with van der Waals surface area (Å²) in [6.45, 7) is 3.66. The highest BCUT2D eigenvalue weighted by molar-refractivity contribution is 8.00. The number of rotatable bonds is 8. The van der Waals surface area contributed by atoms with Gasteiger partial charge in [0.25, 0.3) is 0 Å². The molecule has 0 saturated heterocycles. The first-order valence-corrected chi connectivity index (χ1v) is 10.6. The van der Waals surface area contributed by atoms with Gasteiger partial charge in [-0.15, -0.1) is 11.8 Å². The molecule has 2 heterocycles. The van der Waals surface area contributed by atoms with E-state index >= 15 is 0 Å².